The topological polar surface area (TPSA) is 29.3 Å². The summed E-state index contributed by atoms with van der Waals surface area (Å²) in [6.45, 7) is 2.35. The molecule has 1 aromatic heterocycles. The van der Waals surface area contributed by atoms with Gasteiger partial charge in [-0.1, -0.05) is 25.3 Å². The molecule has 3 rings (SSSR count). The zero-order valence-corrected chi connectivity index (χ0v) is 11.9. The van der Waals surface area contributed by atoms with E-state index in [0.717, 1.165) is 12.6 Å². The second-order valence-corrected chi connectivity index (χ2v) is 6.93. The monoisotopic (exact) mass is 264 g/mol. The maximum Gasteiger partial charge on any atom is 0.0174 e. The molecule has 1 saturated heterocycles. The Bertz CT molecular complexity index is 357. The molecule has 3 heteroatoms. The van der Waals surface area contributed by atoms with Crippen molar-refractivity contribution < 1.29 is 0 Å². The summed E-state index contributed by atoms with van der Waals surface area (Å²) in [6, 6.07) is 5.64. The number of likely N-dealkylation sites (tertiary alicyclic amines) is 1. The minimum Gasteiger partial charge on any atom is -0.327 e. The number of hydrogen-bond donors (Lipinski definition) is 1. The predicted molar refractivity (Wildman–Crippen MR) is 78.1 cm³/mol. The van der Waals surface area contributed by atoms with E-state index in [9.17, 15) is 0 Å². The molecule has 18 heavy (non-hydrogen) atoms. The van der Waals surface area contributed by atoms with Crippen molar-refractivity contribution in [3.8, 4) is 0 Å². The highest BCUT2D eigenvalue weighted by molar-refractivity contribution is 7.10. The molecule has 0 aromatic carbocycles. The van der Waals surface area contributed by atoms with Gasteiger partial charge in [0, 0.05) is 36.0 Å². The number of nitrogens with two attached hydrogens (primary N) is 1. The van der Waals surface area contributed by atoms with Crippen LogP contribution in [0, 0.1) is 0 Å². The van der Waals surface area contributed by atoms with Gasteiger partial charge in [0.05, 0.1) is 0 Å². The Hall–Kier alpha value is -0.380. The molecule has 1 saturated carbocycles. The molecule has 2 N–H and O–H groups in total. The zero-order valence-electron chi connectivity index (χ0n) is 11.1. The third-order valence-corrected chi connectivity index (χ3v) is 5.58. The van der Waals surface area contributed by atoms with Crippen molar-refractivity contribution in [2.24, 2.45) is 5.73 Å². The summed E-state index contributed by atoms with van der Waals surface area (Å²) < 4.78 is 0. The van der Waals surface area contributed by atoms with E-state index in [2.05, 4.69) is 22.4 Å². The lowest BCUT2D eigenvalue weighted by atomic mass is 9.88. The van der Waals surface area contributed by atoms with Crippen molar-refractivity contribution in [2.45, 2.75) is 56.5 Å². The van der Waals surface area contributed by atoms with Gasteiger partial charge in [0.25, 0.3) is 0 Å². The van der Waals surface area contributed by atoms with Crippen molar-refractivity contribution in [2.75, 3.05) is 13.1 Å². The first-order valence-corrected chi connectivity index (χ1v) is 8.24. The summed E-state index contributed by atoms with van der Waals surface area (Å²) in [5.41, 5.74) is 6.29. The van der Waals surface area contributed by atoms with E-state index in [1.54, 1.807) is 0 Å². The molecular formula is C15H24N2S. The van der Waals surface area contributed by atoms with Crippen LogP contribution in [0.4, 0.5) is 0 Å². The van der Waals surface area contributed by atoms with Crippen molar-refractivity contribution >= 4 is 11.3 Å². The Labute approximate surface area is 114 Å². The van der Waals surface area contributed by atoms with E-state index < -0.39 is 0 Å². The van der Waals surface area contributed by atoms with E-state index >= 15 is 0 Å². The largest absolute Gasteiger partial charge is 0.327 e. The fraction of sp³-hybridized carbons (Fsp3) is 0.733. The fourth-order valence-electron chi connectivity index (χ4n) is 3.65. The Morgan fingerprint density at radius 1 is 1.17 bits per heavy atom. The number of rotatable bonds is 2. The molecule has 100 valence electrons. The van der Waals surface area contributed by atoms with Gasteiger partial charge in [0.2, 0.25) is 0 Å². The molecule has 2 aliphatic rings. The molecule has 1 aliphatic heterocycles. The summed E-state index contributed by atoms with van der Waals surface area (Å²) in [5, 5.41) is 2.19. The number of piperidine rings is 1. The molecule has 0 amide bonds. The van der Waals surface area contributed by atoms with Crippen molar-refractivity contribution in [1.29, 1.82) is 0 Å². The molecule has 2 heterocycles. The summed E-state index contributed by atoms with van der Waals surface area (Å²) >= 11 is 1.90. The van der Waals surface area contributed by atoms with E-state index in [1.165, 1.54) is 49.9 Å². The zero-order chi connectivity index (χ0) is 12.4. The second-order valence-electron chi connectivity index (χ2n) is 5.95. The van der Waals surface area contributed by atoms with Gasteiger partial charge < -0.3 is 5.73 Å². The van der Waals surface area contributed by atoms with Gasteiger partial charge in [0.1, 0.15) is 0 Å². The van der Waals surface area contributed by atoms with Crippen LogP contribution in [0.2, 0.25) is 0 Å². The van der Waals surface area contributed by atoms with Gasteiger partial charge in [-0.25, -0.2) is 0 Å². The van der Waals surface area contributed by atoms with Crippen LogP contribution in [0.15, 0.2) is 17.5 Å². The van der Waals surface area contributed by atoms with Crippen molar-refractivity contribution in [1.82, 2.24) is 4.90 Å². The molecule has 1 aliphatic carbocycles. The standard InChI is InChI=1S/C15H24N2S/c16-13-9-12(15-7-4-8-18-15)10-17(11-13)14-5-2-1-3-6-14/h4,7-8,12-14H,1-3,5-6,9-11,16H2. The molecule has 0 spiro atoms. The molecule has 2 atom stereocenters. The van der Waals surface area contributed by atoms with Crippen LogP contribution in [-0.4, -0.2) is 30.1 Å². The maximum atomic E-state index is 6.29. The van der Waals surface area contributed by atoms with Gasteiger partial charge in [-0.05, 0) is 30.7 Å². The Morgan fingerprint density at radius 3 is 2.72 bits per heavy atom. The Kier molecular flexibility index (Phi) is 4.02. The number of nitrogens with zero attached hydrogens (tertiary/aromatic N) is 1. The molecule has 0 radical (unpaired) electrons. The van der Waals surface area contributed by atoms with Crippen LogP contribution < -0.4 is 5.73 Å². The number of thiophene rings is 1. The Morgan fingerprint density at radius 2 is 2.00 bits per heavy atom. The predicted octanol–water partition coefficient (Wildman–Crippen LogP) is 3.20. The highest BCUT2D eigenvalue weighted by atomic mass is 32.1. The van der Waals surface area contributed by atoms with Crippen LogP contribution in [0.5, 0.6) is 0 Å². The van der Waals surface area contributed by atoms with Crippen LogP contribution in [-0.2, 0) is 0 Å². The van der Waals surface area contributed by atoms with E-state index in [-0.39, 0.29) is 0 Å². The van der Waals surface area contributed by atoms with Crippen molar-refractivity contribution in [3.63, 3.8) is 0 Å². The van der Waals surface area contributed by atoms with Gasteiger partial charge in [0.15, 0.2) is 0 Å². The molecule has 2 fully saturated rings. The lowest BCUT2D eigenvalue weighted by Crippen LogP contribution is -2.50. The minimum absolute atomic E-state index is 0.368. The van der Waals surface area contributed by atoms with Crippen LogP contribution >= 0.6 is 11.3 Å². The van der Waals surface area contributed by atoms with Crippen LogP contribution in [0.3, 0.4) is 0 Å². The van der Waals surface area contributed by atoms with Gasteiger partial charge in [-0.2, -0.15) is 0 Å². The van der Waals surface area contributed by atoms with E-state index in [0.29, 0.717) is 12.0 Å². The van der Waals surface area contributed by atoms with E-state index in [4.69, 9.17) is 5.73 Å². The SMILES string of the molecule is NC1CC(c2cccs2)CN(C2CCCCC2)C1. The number of hydrogen-bond acceptors (Lipinski definition) is 3. The first-order valence-electron chi connectivity index (χ1n) is 7.36. The summed E-state index contributed by atoms with van der Waals surface area (Å²) in [7, 11) is 0. The van der Waals surface area contributed by atoms with Crippen molar-refractivity contribution in [3.05, 3.63) is 22.4 Å². The lowest BCUT2D eigenvalue weighted by Gasteiger charge is -2.42. The highest BCUT2D eigenvalue weighted by Crippen LogP contribution is 2.33. The van der Waals surface area contributed by atoms with Crippen LogP contribution in [0.1, 0.15) is 49.3 Å². The smallest absolute Gasteiger partial charge is 0.0174 e. The van der Waals surface area contributed by atoms with Gasteiger partial charge in [-0.15, -0.1) is 11.3 Å². The normalized spacial score (nSPS) is 31.6. The quantitative estimate of drug-likeness (QED) is 0.889. The maximum absolute atomic E-state index is 6.29. The highest BCUT2D eigenvalue weighted by Gasteiger charge is 2.31. The average molecular weight is 264 g/mol. The van der Waals surface area contributed by atoms with E-state index in [1.807, 2.05) is 11.3 Å². The molecule has 2 unspecified atom stereocenters. The molecule has 2 nitrogen and oxygen atoms in total. The van der Waals surface area contributed by atoms with Crippen LogP contribution in [0.25, 0.3) is 0 Å². The second kappa shape index (κ2) is 5.72. The molecule has 0 bridgehead atoms. The summed E-state index contributed by atoms with van der Waals surface area (Å²) in [5.74, 6) is 0.677. The van der Waals surface area contributed by atoms with Gasteiger partial charge >= 0.3 is 0 Å². The lowest BCUT2D eigenvalue weighted by molar-refractivity contribution is 0.108. The average Bonchev–Trinajstić information content (AvgIpc) is 2.93. The third-order valence-electron chi connectivity index (χ3n) is 4.55. The summed E-state index contributed by atoms with van der Waals surface area (Å²) in [6.07, 6.45) is 8.22. The first-order chi connectivity index (χ1) is 8.83. The van der Waals surface area contributed by atoms with Gasteiger partial charge in [-0.3, -0.25) is 4.90 Å². The Balaban J connectivity index is 1.68. The minimum atomic E-state index is 0.368. The first kappa shape index (κ1) is 12.6. The third kappa shape index (κ3) is 2.79. The summed E-state index contributed by atoms with van der Waals surface area (Å²) in [4.78, 5) is 4.23. The molecular weight excluding hydrogens is 240 g/mol. The fourth-order valence-corrected chi connectivity index (χ4v) is 4.48. The molecule has 1 aromatic rings.